The number of alkyl halides is 3. The van der Waals surface area contributed by atoms with E-state index in [1.54, 1.807) is 39.9 Å². The fourth-order valence-corrected chi connectivity index (χ4v) is 14.9. The van der Waals surface area contributed by atoms with Gasteiger partial charge in [-0.15, -0.1) is 0 Å². The third-order valence-electron chi connectivity index (χ3n) is 15.2. The Balaban J connectivity index is -0.000000536. The molecule has 5 saturated heterocycles. The molecule has 0 aromatic heterocycles. The predicted molar refractivity (Wildman–Crippen MR) is 410 cm³/mol. The average molecular weight is 1580 g/mol. The lowest BCUT2D eigenvalue weighted by Gasteiger charge is -2.36. The smallest absolute Gasteiger partial charge is 0.356 e. The molecular formula is C73H126F3N5O18S5. The summed E-state index contributed by atoms with van der Waals surface area (Å²) in [7, 11) is -3.32. The SMILES string of the molecule is CC(=O)CC(C)C(=O)NCC(F)(F)F.CC(=O)CC1(C)CSC1.CC(=O)CC1CS(=O)(=O)C1.CC(=O)CC1CS(=O)C1.CC(=O)CC1CSC1.CC(=O)CCC(=O)NC1CCC1.CC(=O)CCC1CSC1.CCCCNC(=O)CCC(C)=O.CCNC(=O)C(C)CC(C)=O.CCNC(=O)CCC(C)=O. The molecule has 0 spiro atoms. The van der Waals surface area contributed by atoms with Crippen LogP contribution in [0.25, 0.3) is 0 Å². The van der Waals surface area contributed by atoms with Crippen LogP contribution in [0.1, 0.15) is 233 Å². The lowest BCUT2D eigenvalue weighted by molar-refractivity contribution is -0.141. The van der Waals surface area contributed by atoms with Crippen LogP contribution in [0.5, 0.6) is 0 Å². The van der Waals surface area contributed by atoms with Gasteiger partial charge in [0.05, 0.1) is 11.5 Å². The second kappa shape index (κ2) is 60.9. The number of thioether (sulfide) groups is 3. The van der Waals surface area contributed by atoms with Crippen LogP contribution in [0.2, 0.25) is 0 Å². The highest BCUT2D eigenvalue weighted by molar-refractivity contribution is 8.01. The number of rotatable bonds is 33. The molecule has 5 heterocycles. The van der Waals surface area contributed by atoms with E-state index in [2.05, 4.69) is 35.1 Å². The Bertz CT molecular complexity index is 2790. The zero-order chi connectivity index (χ0) is 80.8. The van der Waals surface area contributed by atoms with E-state index in [9.17, 15) is 97.7 Å². The molecule has 602 valence electrons. The number of carbonyl (C=O) groups is 15. The first-order chi connectivity index (χ1) is 48.2. The molecule has 6 rings (SSSR count). The molecule has 6 fully saturated rings. The van der Waals surface area contributed by atoms with Gasteiger partial charge in [-0.05, 0) is 179 Å². The lowest BCUT2D eigenvalue weighted by Crippen LogP contribution is -2.39. The Labute approximate surface area is 633 Å². The van der Waals surface area contributed by atoms with Gasteiger partial charge in [-0.3, -0.25) is 28.2 Å². The van der Waals surface area contributed by atoms with Crippen LogP contribution in [-0.2, 0) is 92.6 Å². The van der Waals surface area contributed by atoms with E-state index in [4.69, 9.17) is 0 Å². The third-order valence-corrected chi connectivity index (χ3v) is 23.4. The van der Waals surface area contributed by atoms with E-state index in [1.807, 2.05) is 49.1 Å². The van der Waals surface area contributed by atoms with Crippen molar-refractivity contribution in [1.29, 1.82) is 0 Å². The van der Waals surface area contributed by atoms with Gasteiger partial charge in [0.1, 0.15) is 64.4 Å². The number of hydrogen-bond acceptors (Lipinski definition) is 21. The second-order valence-corrected chi connectivity index (χ2v) is 34.7. The normalized spacial score (nSPS) is 17.4. The summed E-state index contributed by atoms with van der Waals surface area (Å²) in [5.41, 5.74) is 0.358. The number of amides is 5. The molecule has 1 aliphatic carbocycles. The molecule has 5 aliphatic heterocycles. The largest absolute Gasteiger partial charge is 0.405 e. The number of unbranched alkanes of at least 4 members (excludes halogenated alkanes) is 1. The van der Waals surface area contributed by atoms with E-state index in [0.717, 1.165) is 81.3 Å². The highest BCUT2D eigenvalue weighted by Gasteiger charge is 2.35. The zero-order valence-electron chi connectivity index (χ0n) is 64.9. The number of sulfone groups is 1. The molecule has 1 saturated carbocycles. The Morgan fingerprint density at radius 1 is 0.490 bits per heavy atom. The van der Waals surface area contributed by atoms with E-state index in [1.165, 1.54) is 89.4 Å². The van der Waals surface area contributed by atoms with Crippen LogP contribution in [0.3, 0.4) is 0 Å². The second-order valence-electron chi connectivity index (χ2n) is 27.8. The summed E-state index contributed by atoms with van der Waals surface area (Å²) in [5.74, 6) is 11.0. The van der Waals surface area contributed by atoms with Crippen molar-refractivity contribution in [3.05, 3.63) is 0 Å². The Kier molecular flexibility index (Phi) is 61.7. The highest BCUT2D eigenvalue weighted by atomic mass is 32.2. The molecule has 5 amide bonds. The van der Waals surface area contributed by atoms with E-state index in [0.29, 0.717) is 106 Å². The van der Waals surface area contributed by atoms with Crippen LogP contribution in [0.15, 0.2) is 0 Å². The number of nitrogens with one attached hydrogen (secondary N) is 5. The number of Topliss-reactive ketones (excluding diaryl/α,β-unsaturated/α-hetero) is 10. The molecule has 2 atom stereocenters. The minimum Gasteiger partial charge on any atom is -0.356 e. The fraction of sp³-hybridized carbons (Fsp3) is 0.795. The van der Waals surface area contributed by atoms with Crippen molar-refractivity contribution in [2.75, 3.05) is 83.7 Å². The van der Waals surface area contributed by atoms with Crippen LogP contribution in [-0.4, -0.2) is 196 Å². The maximum Gasteiger partial charge on any atom is 0.405 e. The minimum atomic E-state index is -4.41. The van der Waals surface area contributed by atoms with Gasteiger partial charge in [-0.2, -0.15) is 48.5 Å². The van der Waals surface area contributed by atoms with E-state index >= 15 is 0 Å². The monoisotopic (exact) mass is 1580 g/mol. The first-order valence-electron chi connectivity index (χ1n) is 35.9. The molecule has 23 nitrogen and oxygen atoms in total. The van der Waals surface area contributed by atoms with Crippen molar-refractivity contribution in [2.45, 2.75) is 245 Å². The third kappa shape index (κ3) is 70.0. The Morgan fingerprint density at radius 2 is 0.894 bits per heavy atom. The molecule has 104 heavy (non-hydrogen) atoms. The van der Waals surface area contributed by atoms with Gasteiger partial charge in [-0.1, -0.05) is 34.1 Å². The van der Waals surface area contributed by atoms with Crippen molar-refractivity contribution >= 4 is 143 Å². The minimum absolute atomic E-state index is 0.0151. The molecule has 0 aromatic rings. The molecule has 0 aromatic carbocycles. The van der Waals surface area contributed by atoms with Crippen LogP contribution < -0.4 is 26.6 Å². The van der Waals surface area contributed by atoms with Crippen molar-refractivity contribution in [3.8, 4) is 0 Å². The first kappa shape index (κ1) is 105. The average Bonchev–Trinajstić information content (AvgIpc) is 0.849. The maximum absolute atomic E-state index is 11.7. The number of hydrogen-bond donors (Lipinski definition) is 5. The molecular weight excluding hydrogens is 1450 g/mol. The number of halogens is 3. The van der Waals surface area contributed by atoms with Crippen LogP contribution in [0.4, 0.5) is 13.2 Å². The maximum atomic E-state index is 11.7. The van der Waals surface area contributed by atoms with Crippen LogP contribution in [0, 0.1) is 40.9 Å². The van der Waals surface area contributed by atoms with Crippen LogP contribution >= 0.6 is 35.3 Å². The molecule has 2 unspecified atom stereocenters. The first-order valence-corrected chi connectivity index (χ1v) is 42.6. The van der Waals surface area contributed by atoms with E-state index in [-0.39, 0.29) is 93.9 Å². The summed E-state index contributed by atoms with van der Waals surface area (Å²) in [6.45, 7) is 27.1. The lowest BCUT2D eigenvalue weighted by atomic mass is 9.89. The van der Waals surface area contributed by atoms with Gasteiger partial charge in [0.25, 0.3) is 0 Å². The molecule has 31 heteroatoms. The summed E-state index contributed by atoms with van der Waals surface area (Å²) in [5, 5.41) is 12.6. The highest BCUT2D eigenvalue weighted by Crippen LogP contribution is 2.40. The van der Waals surface area contributed by atoms with Gasteiger partial charge < -0.3 is 74.5 Å². The summed E-state index contributed by atoms with van der Waals surface area (Å²) in [4.78, 5) is 160. The number of ketones is 10. The quantitative estimate of drug-likeness (QED) is 0.0381. The summed E-state index contributed by atoms with van der Waals surface area (Å²) < 4.78 is 66.6. The number of carbonyl (C=O) groups excluding carboxylic acids is 15. The van der Waals surface area contributed by atoms with E-state index < -0.39 is 45.2 Å². The Hall–Kier alpha value is -5.01. The van der Waals surface area contributed by atoms with Gasteiger partial charge >= 0.3 is 6.18 Å². The predicted octanol–water partition coefficient (Wildman–Crippen LogP) is 9.93. The standard InChI is InChI=1S/C9H15NO2.C9H17NO2.C8H12F3NO2.C8H15NO2.C7H13NO2.2C7H12OS.C6H10O3S.C6H10O2S.C6H10OS/c1-7(11)5-6-9(12)10-8-3-2-4-8;1-3-4-7-10-9(12)6-5-8(2)11;1-5(3-6(2)13)7(14)12-4-8(9,10)11;1-4-9-8(11)6(2)5-7(3)10;1-3-8-7(10)5-4-6(2)9;1-6(8)3-7(2)4-9-5-7;1-6(8)2-3-7-4-9-5-7;1-5(7)2-6-3-10(8,9)4-6;1-5(7)2-6-3-9(8)4-6;1-5(7)2-6-3-8-4-6/h8H,2-6H2,1H3,(H,10,12);3-7H2,1-2H3,(H,10,12);5H,3-4H2,1-2H3,(H,12,14);6H,4-5H2,1-3H3,(H,9,11);3-5H2,1-2H3,(H,8,10);3-5H2,1-2H3;7H,2-5H2,1H3;6H,2-4H2,1H3;6H,2-4H2,1H3;6H,2-4H2,1H3. The van der Waals surface area contributed by atoms with Crippen molar-refractivity contribution < 1.29 is 97.7 Å². The molecule has 6 aliphatic rings. The van der Waals surface area contributed by atoms with Crippen molar-refractivity contribution in [1.82, 2.24) is 26.6 Å². The van der Waals surface area contributed by atoms with Crippen molar-refractivity contribution in [2.24, 2.45) is 40.9 Å². The summed E-state index contributed by atoms with van der Waals surface area (Å²) in [6, 6.07) is 0.393. The Morgan fingerprint density at radius 3 is 1.18 bits per heavy atom. The van der Waals surface area contributed by atoms with Gasteiger partial charge in [0.2, 0.25) is 29.5 Å². The summed E-state index contributed by atoms with van der Waals surface area (Å²) >= 11 is 5.85. The topological polar surface area (TPSA) is 367 Å². The van der Waals surface area contributed by atoms with Crippen molar-refractivity contribution in [3.63, 3.8) is 0 Å². The molecule has 0 bridgehead atoms. The van der Waals surface area contributed by atoms with Gasteiger partial charge in [0.15, 0.2) is 9.84 Å². The summed E-state index contributed by atoms with van der Waals surface area (Å²) in [6.07, 6.45) is 8.07. The fourth-order valence-electron chi connectivity index (χ4n) is 9.27. The van der Waals surface area contributed by atoms with Gasteiger partial charge in [-0.25, -0.2) is 8.42 Å². The molecule has 0 radical (unpaired) electrons. The molecule has 5 N–H and O–H groups in total. The zero-order valence-corrected chi connectivity index (χ0v) is 69.0. The van der Waals surface area contributed by atoms with Gasteiger partial charge in [0, 0.05) is 143 Å².